The van der Waals surface area contributed by atoms with E-state index in [2.05, 4.69) is 26.2 Å². The molecule has 0 fully saturated rings. The molecule has 0 aliphatic carbocycles. The van der Waals surface area contributed by atoms with Crippen LogP contribution in [0.5, 0.6) is 0 Å². The van der Waals surface area contributed by atoms with Crippen LogP contribution in [-0.4, -0.2) is 16.2 Å². The number of aromatic nitrogens is 1. The second kappa shape index (κ2) is 6.86. The molecule has 1 aromatic heterocycles. The quantitative estimate of drug-likeness (QED) is 0.837. The monoisotopic (exact) mass is 332 g/mol. The van der Waals surface area contributed by atoms with Crippen molar-refractivity contribution in [3.8, 4) is 0 Å². The molecule has 20 heavy (non-hydrogen) atoms. The molecule has 0 radical (unpaired) electrons. The number of halogens is 1. The largest absolute Gasteiger partial charge is 0.465 e. The number of nitrogens with one attached hydrogen (secondary N) is 1. The van der Waals surface area contributed by atoms with Crippen LogP contribution in [0.2, 0.25) is 0 Å². The third kappa shape index (κ3) is 4.51. The van der Waals surface area contributed by atoms with Gasteiger partial charge in [-0.3, -0.25) is 0 Å². The van der Waals surface area contributed by atoms with Crippen molar-refractivity contribution in [1.82, 2.24) is 10.3 Å². The van der Waals surface area contributed by atoms with Crippen molar-refractivity contribution >= 4 is 34.2 Å². The van der Waals surface area contributed by atoms with E-state index in [9.17, 15) is 4.79 Å². The number of benzene rings is 1. The highest BCUT2D eigenvalue weighted by Gasteiger charge is 1.96. The predicted molar refractivity (Wildman–Crippen MR) is 82.2 cm³/mol. The summed E-state index contributed by atoms with van der Waals surface area (Å²) >= 11 is 3.33. The van der Waals surface area contributed by atoms with Gasteiger partial charge in [0.2, 0.25) is 0 Å². The van der Waals surface area contributed by atoms with Gasteiger partial charge in [-0.15, -0.1) is 0 Å². The lowest BCUT2D eigenvalue weighted by Gasteiger charge is -2.01. The van der Waals surface area contributed by atoms with Crippen molar-refractivity contribution in [3.05, 3.63) is 63.9 Å². The molecule has 1 aromatic carbocycles. The minimum Gasteiger partial charge on any atom is -0.465 e. The average Bonchev–Trinajstić information content (AvgIpc) is 2.44. The highest BCUT2D eigenvalue weighted by Crippen LogP contribution is 2.12. The Morgan fingerprint density at radius 2 is 1.90 bits per heavy atom. The van der Waals surface area contributed by atoms with Crippen molar-refractivity contribution in [2.45, 2.75) is 6.54 Å². The Kier molecular flexibility index (Phi) is 4.90. The topological polar surface area (TPSA) is 62.2 Å². The molecule has 0 bridgehead atoms. The van der Waals surface area contributed by atoms with Gasteiger partial charge in [-0.2, -0.15) is 0 Å². The Morgan fingerprint density at radius 1 is 1.20 bits per heavy atom. The second-order valence-electron chi connectivity index (χ2n) is 4.15. The Balaban J connectivity index is 2.01. The van der Waals surface area contributed by atoms with Crippen LogP contribution in [0.25, 0.3) is 12.2 Å². The fourth-order valence-electron chi connectivity index (χ4n) is 1.64. The van der Waals surface area contributed by atoms with Crippen molar-refractivity contribution in [3.63, 3.8) is 0 Å². The van der Waals surface area contributed by atoms with Crippen LogP contribution >= 0.6 is 15.9 Å². The fourth-order valence-corrected chi connectivity index (χ4v) is 2.02. The Labute approximate surface area is 125 Å². The zero-order chi connectivity index (χ0) is 14.4. The molecule has 102 valence electrons. The first-order chi connectivity index (χ1) is 9.63. The van der Waals surface area contributed by atoms with Gasteiger partial charge in [0.15, 0.2) is 0 Å². The third-order valence-electron chi connectivity index (χ3n) is 2.64. The number of nitrogens with zero attached hydrogens (tertiary/aromatic N) is 1. The molecule has 0 spiro atoms. The Morgan fingerprint density at radius 3 is 2.55 bits per heavy atom. The highest BCUT2D eigenvalue weighted by molar-refractivity contribution is 9.10. The summed E-state index contributed by atoms with van der Waals surface area (Å²) in [4.78, 5) is 14.5. The summed E-state index contributed by atoms with van der Waals surface area (Å²) in [5.74, 6) is 0. The summed E-state index contributed by atoms with van der Waals surface area (Å²) < 4.78 is 0.801. The van der Waals surface area contributed by atoms with Crippen LogP contribution in [0, 0.1) is 0 Å². The molecular weight excluding hydrogens is 320 g/mol. The summed E-state index contributed by atoms with van der Waals surface area (Å²) in [6.45, 7) is 0.316. The van der Waals surface area contributed by atoms with Crippen LogP contribution in [0.4, 0.5) is 4.79 Å². The summed E-state index contributed by atoms with van der Waals surface area (Å²) in [5, 5.41) is 10.9. The zero-order valence-electron chi connectivity index (χ0n) is 10.6. The van der Waals surface area contributed by atoms with Gasteiger partial charge in [0, 0.05) is 12.7 Å². The molecule has 1 amide bonds. The van der Waals surface area contributed by atoms with E-state index < -0.39 is 6.09 Å². The van der Waals surface area contributed by atoms with Gasteiger partial charge in [0.25, 0.3) is 0 Å². The Bertz CT molecular complexity index is 624. The fraction of sp³-hybridized carbons (Fsp3) is 0.0667. The predicted octanol–water partition coefficient (Wildman–Crippen LogP) is 3.78. The first-order valence-corrected chi connectivity index (χ1v) is 6.78. The molecular formula is C15H13BrN2O2. The van der Waals surface area contributed by atoms with Crippen molar-refractivity contribution in [2.75, 3.05) is 0 Å². The van der Waals surface area contributed by atoms with E-state index in [-0.39, 0.29) is 0 Å². The molecule has 0 atom stereocenters. The minimum absolute atomic E-state index is 0.316. The van der Waals surface area contributed by atoms with E-state index >= 15 is 0 Å². The van der Waals surface area contributed by atoms with Crippen LogP contribution in [0.1, 0.15) is 16.7 Å². The molecule has 2 aromatic rings. The van der Waals surface area contributed by atoms with Crippen LogP contribution in [0.15, 0.2) is 47.2 Å². The van der Waals surface area contributed by atoms with Gasteiger partial charge in [0.05, 0.1) is 0 Å². The standard InChI is InChI=1S/C15H13BrN2O2/c16-14-9-12(7-8-17-14)4-1-11-2-5-13(6-3-11)10-18-15(19)20/h1-9,18H,10H2,(H,19,20)/b4-1+. The third-order valence-corrected chi connectivity index (χ3v) is 3.08. The SMILES string of the molecule is O=C(O)NCc1ccc(/C=C/c2ccnc(Br)c2)cc1. The number of pyridine rings is 1. The van der Waals surface area contributed by atoms with Crippen LogP contribution < -0.4 is 5.32 Å². The van der Waals surface area contributed by atoms with E-state index in [0.717, 1.165) is 21.3 Å². The van der Waals surface area contributed by atoms with E-state index in [1.807, 2.05) is 48.6 Å². The smallest absolute Gasteiger partial charge is 0.404 e. The molecule has 0 aliphatic heterocycles. The van der Waals surface area contributed by atoms with Crippen molar-refractivity contribution in [1.29, 1.82) is 0 Å². The van der Waals surface area contributed by atoms with E-state index in [4.69, 9.17) is 5.11 Å². The van der Waals surface area contributed by atoms with Gasteiger partial charge >= 0.3 is 6.09 Å². The van der Waals surface area contributed by atoms with Gasteiger partial charge in [-0.1, -0.05) is 36.4 Å². The summed E-state index contributed by atoms with van der Waals surface area (Å²) in [6, 6.07) is 11.6. The minimum atomic E-state index is -1.02. The summed E-state index contributed by atoms with van der Waals surface area (Å²) in [6.07, 6.45) is 4.72. The lowest BCUT2D eigenvalue weighted by Crippen LogP contribution is -2.19. The van der Waals surface area contributed by atoms with E-state index in [1.54, 1.807) is 6.20 Å². The lowest BCUT2D eigenvalue weighted by atomic mass is 10.1. The molecule has 0 unspecified atom stereocenters. The van der Waals surface area contributed by atoms with Gasteiger partial charge in [-0.25, -0.2) is 9.78 Å². The highest BCUT2D eigenvalue weighted by atomic mass is 79.9. The first kappa shape index (κ1) is 14.3. The van der Waals surface area contributed by atoms with Gasteiger partial charge in [0.1, 0.15) is 4.60 Å². The maximum Gasteiger partial charge on any atom is 0.404 e. The molecule has 5 heteroatoms. The number of carbonyl (C=O) groups is 1. The van der Waals surface area contributed by atoms with Crippen molar-refractivity contribution in [2.24, 2.45) is 0 Å². The van der Waals surface area contributed by atoms with Crippen LogP contribution in [-0.2, 0) is 6.54 Å². The van der Waals surface area contributed by atoms with E-state index in [1.165, 1.54) is 0 Å². The number of rotatable bonds is 4. The summed E-state index contributed by atoms with van der Waals surface area (Å²) in [7, 11) is 0. The average molecular weight is 333 g/mol. The maximum atomic E-state index is 10.4. The molecule has 4 nitrogen and oxygen atoms in total. The van der Waals surface area contributed by atoms with Crippen LogP contribution in [0.3, 0.4) is 0 Å². The zero-order valence-corrected chi connectivity index (χ0v) is 12.2. The molecule has 0 saturated heterocycles. The van der Waals surface area contributed by atoms with Gasteiger partial charge < -0.3 is 10.4 Å². The molecule has 1 heterocycles. The second-order valence-corrected chi connectivity index (χ2v) is 4.96. The summed E-state index contributed by atoms with van der Waals surface area (Å²) in [5.41, 5.74) is 3.04. The van der Waals surface area contributed by atoms with Gasteiger partial charge in [-0.05, 0) is 44.8 Å². The molecule has 2 rings (SSSR count). The lowest BCUT2D eigenvalue weighted by molar-refractivity contribution is 0.194. The number of hydrogen-bond acceptors (Lipinski definition) is 2. The normalized spacial score (nSPS) is 10.7. The number of amides is 1. The molecule has 2 N–H and O–H groups in total. The molecule has 0 saturated carbocycles. The molecule has 0 aliphatic rings. The first-order valence-electron chi connectivity index (χ1n) is 5.99. The number of hydrogen-bond donors (Lipinski definition) is 2. The maximum absolute atomic E-state index is 10.4. The number of carboxylic acid groups (broad SMARTS) is 1. The van der Waals surface area contributed by atoms with E-state index in [0.29, 0.717) is 6.54 Å². The Hall–Kier alpha value is -2.14. The van der Waals surface area contributed by atoms with Crippen molar-refractivity contribution < 1.29 is 9.90 Å².